The van der Waals surface area contributed by atoms with Gasteiger partial charge in [-0.05, 0) is 55.7 Å². The van der Waals surface area contributed by atoms with Crippen LogP contribution in [0.2, 0.25) is 0 Å². The number of rotatable bonds is 9. The highest BCUT2D eigenvalue weighted by atomic mass is 16.6. The molecule has 0 bridgehead atoms. The number of cyclic esters (lactones) is 1. The van der Waals surface area contributed by atoms with Crippen molar-refractivity contribution >= 4 is 23.8 Å². The molecule has 1 N–H and O–H groups in total. The van der Waals surface area contributed by atoms with E-state index in [0.29, 0.717) is 29.8 Å². The smallest absolute Gasteiger partial charge is 0.415 e. The van der Waals surface area contributed by atoms with Crippen molar-refractivity contribution in [3.63, 3.8) is 0 Å². The Labute approximate surface area is 230 Å². The molecule has 1 spiro atoms. The molecule has 3 aliphatic heterocycles. The molecule has 4 heterocycles. The molecule has 2 atom stereocenters. The predicted octanol–water partition coefficient (Wildman–Crippen LogP) is 4.69. The van der Waals surface area contributed by atoms with E-state index in [1.54, 1.807) is 6.20 Å². The van der Waals surface area contributed by atoms with Gasteiger partial charge >= 0.3 is 6.09 Å². The summed E-state index contributed by atoms with van der Waals surface area (Å²) in [6.07, 6.45) is 6.55. The van der Waals surface area contributed by atoms with E-state index in [-0.39, 0.29) is 30.1 Å². The van der Waals surface area contributed by atoms with Gasteiger partial charge in [0, 0.05) is 50.4 Å². The number of hydrogen-bond acceptors (Lipinski definition) is 7. The Kier molecular flexibility index (Phi) is 6.37. The van der Waals surface area contributed by atoms with Crippen molar-refractivity contribution in [2.45, 2.75) is 58.7 Å². The standard InChI is InChI=1S/C30H38N6O3/c1-5-25(37)35-18-30(19-35)16-34(17-30)24(13-29(4)11-12-29)22-9-7-21(8-10-22)20(3)32-27-31-14-23-15-39-28(38)36(6-2)26(23)33-27/h5,7-10,14,20,24H,1,6,11-13,15-19H2,2-4H3,(H,31,32,33)/t20-,24?/m0/s1. The zero-order valence-electron chi connectivity index (χ0n) is 23.2. The van der Waals surface area contributed by atoms with Gasteiger partial charge in [0.15, 0.2) is 0 Å². The number of carbonyl (C=O) groups is 2. The number of ether oxygens (including phenoxy) is 1. The Morgan fingerprint density at radius 1 is 1.18 bits per heavy atom. The van der Waals surface area contributed by atoms with Crippen LogP contribution in [0.4, 0.5) is 16.6 Å². The first-order valence-corrected chi connectivity index (χ1v) is 14.0. The fraction of sp³-hybridized carbons (Fsp3) is 0.533. The number of aromatic nitrogens is 2. The van der Waals surface area contributed by atoms with Crippen LogP contribution in [-0.4, -0.2) is 64.5 Å². The molecule has 4 aliphatic rings. The molecule has 2 amide bonds. The summed E-state index contributed by atoms with van der Waals surface area (Å²) < 4.78 is 5.20. The minimum absolute atomic E-state index is 0.00208. The van der Waals surface area contributed by atoms with Gasteiger partial charge in [0.05, 0.1) is 11.6 Å². The van der Waals surface area contributed by atoms with Gasteiger partial charge in [0.1, 0.15) is 12.4 Å². The third kappa shape index (κ3) is 4.88. The van der Waals surface area contributed by atoms with Crippen LogP contribution in [0.25, 0.3) is 0 Å². The molecule has 0 radical (unpaired) electrons. The number of carbonyl (C=O) groups excluding carboxylic acids is 2. The van der Waals surface area contributed by atoms with Gasteiger partial charge in [-0.3, -0.25) is 14.6 Å². The van der Waals surface area contributed by atoms with Crippen molar-refractivity contribution in [3.05, 3.63) is 59.8 Å². The first kappa shape index (κ1) is 25.8. The van der Waals surface area contributed by atoms with Crippen LogP contribution in [0, 0.1) is 10.8 Å². The van der Waals surface area contributed by atoms with Crippen LogP contribution >= 0.6 is 0 Å². The summed E-state index contributed by atoms with van der Waals surface area (Å²) in [5.41, 5.74) is 4.02. The maximum absolute atomic E-state index is 12.1. The zero-order chi connectivity index (χ0) is 27.4. The Hall–Kier alpha value is -3.46. The molecule has 6 rings (SSSR count). The molecule has 1 unspecified atom stereocenters. The second kappa shape index (κ2) is 9.62. The van der Waals surface area contributed by atoms with Gasteiger partial charge in [0.2, 0.25) is 11.9 Å². The molecular weight excluding hydrogens is 492 g/mol. The molecule has 1 aromatic carbocycles. The Morgan fingerprint density at radius 2 is 1.87 bits per heavy atom. The molecule has 2 aromatic rings. The molecular formula is C30H38N6O3. The largest absolute Gasteiger partial charge is 0.444 e. The number of likely N-dealkylation sites (tertiary alicyclic amines) is 2. The number of anilines is 2. The normalized spacial score (nSPS) is 22.2. The Bertz CT molecular complexity index is 1280. The lowest BCUT2D eigenvalue weighted by atomic mass is 9.71. The van der Waals surface area contributed by atoms with Crippen LogP contribution in [0.3, 0.4) is 0 Å². The lowest BCUT2D eigenvalue weighted by Gasteiger charge is -2.62. The first-order chi connectivity index (χ1) is 18.7. The van der Waals surface area contributed by atoms with Gasteiger partial charge in [-0.15, -0.1) is 0 Å². The average molecular weight is 531 g/mol. The van der Waals surface area contributed by atoms with Crippen molar-refractivity contribution in [1.29, 1.82) is 0 Å². The zero-order valence-corrected chi connectivity index (χ0v) is 23.2. The maximum Gasteiger partial charge on any atom is 0.415 e. The van der Waals surface area contributed by atoms with E-state index in [9.17, 15) is 9.59 Å². The highest BCUT2D eigenvalue weighted by Crippen LogP contribution is 2.54. The van der Waals surface area contributed by atoms with Crippen LogP contribution in [-0.2, 0) is 16.1 Å². The first-order valence-electron chi connectivity index (χ1n) is 14.0. The van der Waals surface area contributed by atoms with Crippen molar-refractivity contribution in [3.8, 4) is 0 Å². The van der Waals surface area contributed by atoms with E-state index in [2.05, 4.69) is 64.9 Å². The fourth-order valence-electron chi connectivity index (χ4n) is 6.30. The summed E-state index contributed by atoms with van der Waals surface area (Å²) in [7, 11) is 0. The van der Waals surface area contributed by atoms with Crippen LogP contribution in [0.5, 0.6) is 0 Å². The molecule has 1 saturated carbocycles. The third-order valence-electron chi connectivity index (χ3n) is 9.00. The van der Waals surface area contributed by atoms with Crippen molar-refractivity contribution < 1.29 is 14.3 Å². The Morgan fingerprint density at radius 3 is 2.51 bits per heavy atom. The number of nitrogens with one attached hydrogen (secondary N) is 1. The molecule has 1 aliphatic carbocycles. The van der Waals surface area contributed by atoms with Crippen LogP contribution in [0.15, 0.2) is 43.1 Å². The van der Waals surface area contributed by atoms with E-state index in [0.717, 1.165) is 37.3 Å². The summed E-state index contributed by atoms with van der Waals surface area (Å²) in [5, 5.41) is 3.40. The fourth-order valence-corrected chi connectivity index (χ4v) is 6.30. The van der Waals surface area contributed by atoms with Gasteiger partial charge in [0.25, 0.3) is 0 Å². The number of hydrogen-bond donors (Lipinski definition) is 1. The van der Waals surface area contributed by atoms with Crippen LogP contribution < -0.4 is 10.2 Å². The van der Waals surface area contributed by atoms with E-state index in [1.807, 2.05) is 11.8 Å². The lowest BCUT2D eigenvalue weighted by Crippen LogP contribution is -2.73. The van der Waals surface area contributed by atoms with Crippen molar-refractivity contribution in [2.24, 2.45) is 10.8 Å². The quantitative estimate of drug-likeness (QED) is 0.471. The van der Waals surface area contributed by atoms with Gasteiger partial charge in [-0.1, -0.05) is 37.8 Å². The van der Waals surface area contributed by atoms with Crippen molar-refractivity contribution in [1.82, 2.24) is 19.8 Å². The van der Waals surface area contributed by atoms with Gasteiger partial charge in [-0.2, -0.15) is 4.98 Å². The predicted molar refractivity (Wildman–Crippen MR) is 149 cm³/mol. The molecule has 9 heteroatoms. The SMILES string of the molecule is C=CC(=O)N1CC2(C1)CN(C(CC1(C)CC1)c1ccc([C@H](C)Nc3ncc4c(n3)N(CC)C(=O)OC4)cc1)C2. The number of nitrogens with zero attached hydrogens (tertiary/aromatic N) is 5. The topological polar surface area (TPSA) is 90.9 Å². The maximum atomic E-state index is 12.1. The average Bonchev–Trinajstić information content (AvgIpc) is 3.62. The second-order valence-corrected chi connectivity index (χ2v) is 12.2. The van der Waals surface area contributed by atoms with E-state index in [4.69, 9.17) is 4.74 Å². The molecule has 206 valence electrons. The molecule has 39 heavy (non-hydrogen) atoms. The number of amides is 2. The molecule has 1 aromatic heterocycles. The highest BCUT2D eigenvalue weighted by molar-refractivity contribution is 5.89. The van der Waals surface area contributed by atoms with E-state index < -0.39 is 0 Å². The molecule has 3 fully saturated rings. The van der Waals surface area contributed by atoms with Gasteiger partial charge < -0.3 is 15.0 Å². The summed E-state index contributed by atoms with van der Waals surface area (Å²) in [6, 6.07) is 9.34. The summed E-state index contributed by atoms with van der Waals surface area (Å²) in [6.45, 7) is 14.5. The Balaban J connectivity index is 1.13. The van der Waals surface area contributed by atoms with E-state index in [1.165, 1.54) is 35.8 Å². The number of benzene rings is 1. The lowest BCUT2D eigenvalue weighted by molar-refractivity contribution is -0.160. The third-order valence-corrected chi connectivity index (χ3v) is 9.00. The highest BCUT2D eigenvalue weighted by Gasteiger charge is 2.55. The molecule has 9 nitrogen and oxygen atoms in total. The molecule has 2 saturated heterocycles. The second-order valence-electron chi connectivity index (χ2n) is 12.2. The van der Waals surface area contributed by atoms with Crippen LogP contribution in [0.1, 0.15) is 68.8 Å². The minimum Gasteiger partial charge on any atom is -0.444 e. The monoisotopic (exact) mass is 530 g/mol. The number of fused-ring (bicyclic) bond motifs is 1. The summed E-state index contributed by atoms with van der Waals surface area (Å²) in [4.78, 5) is 39.2. The summed E-state index contributed by atoms with van der Waals surface area (Å²) in [5.74, 6) is 1.15. The van der Waals surface area contributed by atoms with Gasteiger partial charge in [-0.25, -0.2) is 9.78 Å². The van der Waals surface area contributed by atoms with E-state index >= 15 is 0 Å². The minimum atomic E-state index is -0.374. The summed E-state index contributed by atoms with van der Waals surface area (Å²) >= 11 is 0. The van der Waals surface area contributed by atoms with Crippen molar-refractivity contribution in [2.75, 3.05) is 42.9 Å².